The third kappa shape index (κ3) is 5.84. The second kappa shape index (κ2) is 11.1. The van der Waals surface area contributed by atoms with Gasteiger partial charge in [0.25, 0.3) is 0 Å². The summed E-state index contributed by atoms with van der Waals surface area (Å²) >= 11 is 1.63. The Morgan fingerprint density at radius 2 is 1.91 bits per heavy atom. The summed E-state index contributed by atoms with van der Waals surface area (Å²) in [5.74, 6) is 1.13. The Balaban J connectivity index is 1.82. The number of anilines is 1. The Hall–Kier alpha value is -3.78. The van der Waals surface area contributed by atoms with Crippen molar-refractivity contribution in [3.8, 4) is 11.8 Å². The molecule has 0 fully saturated rings. The molecule has 0 atom stereocenters. The molecular weight excluding hydrogens is 458 g/mol. The van der Waals surface area contributed by atoms with E-state index in [-0.39, 0.29) is 6.61 Å². The molecule has 0 spiro atoms. The Morgan fingerprint density at radius 1 is 1.23 bits per heavy atom. The number of likely N-dealkylation sites (N-methyl/N-ethyl adjacent to an activating group) is 1. The lowest BCUT2D eigenvalue weighted by Gasteiger charge is -2.21. The van der Waals surface area contributed by atoms with E-state index in [2.05, 4.69) is 10.9 Å². The molecule has 0 saturated carbocycles. The zero-order valence-corrected chi connectivity index (χ0v) is 21.4. The molecule has 1 aromatic heterocycles. The summed E-state index contributed by atoms with van der Waals surface area (Å²) in [7, 11) is 3.58. The van der Waals surface area contributed by atoms with Crippen LogP contribution in [-0.4, -0.2) is 38.0 Å². The van der Waals surface area contributed by atoms with Crippen molar-refractivity contribution in [2.24, 2.45) is 0 Å². The lowest BCUT2D eigenvalue weighted by molar-refractivity contribution is 0.0948. The number of aliphatic hydroxyl groups is 1. The fraction of sp³-hybridized carbons (Fsp3) is 0.286. The van der Waals surface area contributed by atoms with E-state index in [1.165, 1.54) is 0 Å². The van der Waals surface area contributed by atoms with Gasteiger partial charge in [-0.2, -0.15) is 5.26 Å². The van der Waals surface area contributed by atoms with Crippen LogP contribution >= 0.6 is 11.3 Å². The first kappa shape index (κ1) is 25.8. The summed E-state index contributed by atoms with van der Waals surface area (Å²) in [6.07, 6.45) is 7.95. The van der Waals surface area contributed by atoms with E-state index in [4.69, 9.17) is 21.2 Å². The number of thiophene rings is 1. The summed E-state index contributed by atoms with van der Waals surface area (Å²) in [6.45, 7) is 13.7. The van der Waals surface area contributed by atoms with E-state index in [1.54, 1.807) is 25.4 Å². The summed E-state index contributed by atoms with van der Waals surface area (Å²) in [4.78, 5) is 7.74. The van der Waals surface area contributed by atoms with Crippen LogP contribution in [0, 0.1) is 17.9 Å². The molecule has 2 heterocycles. The topological polar surface area (TPSA) is 70.1 Å². The number of hydrogen-bond donors (Lipinski definition) is 1. The van der Waals surface area contributed by atoms with E-state index in [9.17, 15) is 5.26 Å². The van der Waals surface area contributed by atoms with Gasteiger partial charge < -0.3 is 19.5 Å². The zero-order chi connectivity index (χ0) is 25.6. The van der Waals surface area contributed by atoms with Crippen LogP contribution in [0.2, 0.25) is 0 Å². The molecule has 0 unspecified atom stereocenters. The molecule has 7 heteroatoms. The van der Waals surface area contributed by atoms with Crippen molar-refractivity contribution in [2.75, 3.05) is 32.2 Å². The van der Waals surface area contributed by atoms with Gasteiger partial charge >= 0.3 is 0 Å². The predicted octanol–water partition coefficient (Wildman–Crippen LogP) is 6.15. The summed E-state index contributed by atoms with van der Waals surface area (Å²) in [5, 5.41) is 18.4. The number of nitriles is 1. The third-order valence-corrected chi connectivity index (χ3v) is 6.69. The smallest absolute Gasteiger partial charge is 0.236 e. The highest BCUT2D eigenvalue weighted by Gasteiger charge is 2.37. The van der Waals surface area contributed by atoms with Crippen LogP contribution in [0.25, 0.3) is 23.1 Å². The average Bonchev–Trinajstić information content (AvgIpc) is 3.41. The second-order valence-corrected chi connectivity index (χ2v) is 9.68. The van der Waals surface area contributed by atoms with Gasteiger partial charge in [0.15, 0.2) is 0 Å². The molecule has 180 valence electrons. The summed E-state index contributed by atoms with van der Waals surface area (Å²) < 4.78 is 11.5. The number of allylic oxidation sites excluding steroid dienone is 1. The number of rotatable bonds is 8. The van der Waals surface area contributed by atoms with E-state index >= 15 is 0 Å². The highest BCUT2D eigenvalue weighted by Crippen LogP contribution is 2.41. The first-order valence-corrected chi connectivity index (χ1v) is 11.9. The summed E-state index contributed by atoms with van der Waals surface area (Å²) in [5.41, 5.74) is 2.81. The molecule has 6 nitrogen and oxygen atoms in total. The third-order valence-electron chi connectivity index (χ3n) is 5.68. The van der Waals surface area contributed by atoms with Crippen LogP contribution in [0.5, 0.6) is 5.75 Å². The molecule has 35 heavy (non-hydrogen) atoms. The van der Waals surface area contributed by atoms with Gasteiger partial charge in [-0.3, -0.25) is 0 Å². The van der Waals surface area contributed by atoms with Crippen molar-refractivity contribution in [2.45, 2.75) is 26.4 Å². The number of ether oxygens (including phenoxy) is 2. The molecule has 0 aliphatic carbocycles. The van der Waals surface area contributed by atoms with Gasteiger partial charge in [0, 0.05) is 46.2 Å². The van der Waals surface area contributed by atoms with Gasteiger partial charge in [-0.1, -0.05) is 6.08 Å². The Kier molecular flexibility index (Phi) is 8.19. The van der Waals surface area contributed by atoms with E-state index in [0.29, 0.717) is 23.6 Å². The van der Waals surface area contributed by atoms with Crippen LogP contribution in [0.1, 0.15) is 36.1 Å². The van der Waals surface area contributed by atoms with Crippen molar-refractivity contribution in [3.63, 3.8) is 0 Å². The summed E-state index contributed by atoms with van der Waals surface area (Å²) in [6, 6.07) is 12.1. The molecular formula is C28H29N3O3S. The van der Waals surface area contributed by atoms with Gasteiger partial charge in [0.1, 0.15) is 17.1 Å². The van der Waals surface area contributed by atoms with Gasteiger partial charge in [-0.05, 0) is 63.3 Å². The Labute approximate surface area is 211 Å². The quantitative estimate of drug-likeness (QED) is 0.357. The van der Waals surface area contributed by atoms with Gasteiger partial charge in [-0.25, -0.2) is 4.85 Å². The Bertz CT molecular complexity index is 1300. The molecule has 1 aliphatic rings. The van der Waals surface area contributed by atoms with Crippen LogP contribution < -0.4 is 9.64 Å². The van der Waals surface area contributed by atoms with E-state index in [0.717, 1.165) is 32.3 Å². The molecule has 1 aromatic carbocycles. The highest BCUT2D eigenvalue weighted by atomic mass is 32.1. The fourth-order valence-electron chi connectivity index (χ4n) is 3.70. The van der Waals surface area contributed by atoms with Crippen molar-refractivity contribution in [1.82, 2.24) is 0 Å². The zero-order valence-electron chi connectivity index (χ0n) is 20.6. The maximum atomic E-state index is 9.25. The molecule has 0 amide bonds. The van der Waals surface area contributed by atoms with Gasteiger partial charge in [0.05, 0.1) is 31.9 Å². The second-order valence-electron chi connectivity index (χ2n) is 8.53. The normalized spacial score (nSPS) is 16.3. The van der Waals surface area contributed by atoms with E-state index < -0.39 is 5.60 Å². The Morgan fingerprint density at radius 3 is 2.51 bits per heavy atom. The first-order valence-electron chi connectivity index (χ1n) is 11.1. The molecule has 0 bridgehead atoms. The minimum absolute atomic E-state index is 0.0913. The molecule has 0 saturated heterocycles. The van der Waals surface area contributed by atoms with Crippen molar-refractivity contribution in [1.29, 1.82) is 5.26 Å². The predicted molar refractivity (Wildman–Crippen MR) is 143 cm³/mol. The number of nitrogens with zero attached hydrogens (tertiary/aromatic N) is 3. The SMILES string of the molecule is [C-]#[N+]C1=C(/C=C/c2ccc(/C=C/c3ccc(N(C)CCO)cc3OC)s2)C(C)(C)O/C1=C(\C)C#N. The van der Waals surface area contributed by atoms with Gasteiger partial charge in [-0.15, -0.1) is 11.3 Å². The van der Waals surface area contributed by atoms with Crippen LogP contribution in [0.4, 0.5) is 5.69 Å². The van der Waals surface area contributed by atoms with Crippen molar-refractivity contribution >= 4 is 35.3 Å². The number of benzene rings is 1. The lowest BCUT2D eigenvalue weighted by atomic mass is 9.97. The maximum absolute atomic E-state index is 9.25. The minimum Gasteiger partial charge on any atom is -0.496 e. The van der Waals surface area contributed by atoms with Gasteiger partial charge in [0.2, 0.25) is 5.70 Å². The molecule has 1 N–H and O–H groups in total. The van der Waals surface area contributed by atoms with Crippen molar-refractivity contribution in [3.05, 3.63) is 85.7 Å². The van der Waals surface area contributed by atoms with Crippen molar-refractivity contribution < 1.29 is 14.6 Å². The van der Waals surface area contributed by atoms with Crippen LogP contribution in [0.15, 0.2) is 59.0 Å². The van der Waals surface area contributed by atoms with Crippen LogP contribution in [-0.2, 0) is 4.74 Å². The number of aliphatic hydroxyl groups excluding tert-OH is 1. The fourth-order valence-corrected chi connectivity index (χ4v) is 4.52. The number of hydrogen-bond acceptors (Lipinski definition) is 6. The molecule has 1 aliphatic heterocycles. The average molecular weight is 488 g/mol. The monoisotopic (exact) mass is 487 g/mol. The highest BCUT2D eigenvalue weighted by molar-refractivity contribution is 7.13. The number of methoxy groups -OCH3 is 1. The maximum Gasteiger partial charge on any atom is 0.236 e. The largest absolute Gasteiger partial charge is 0.496 e. The molecule has 3 rings (SSSR count). The standard InChI is InChI=1S/C28H29N3O3S/c1-19(18-29)27-26(30-4)24(28(2,3)34-27)14-13-23-12-11-22(35-23)10-8-20-7-9-21(17-25(20)33-6)31(5)15-16-32/h7-14,17,32H,15-16H2,1-3,5-6H3/b10-8+,14-13+,27-19+. The molecule has 2 aromatic rings. The first-order chi connectivity index (χ1) is 16.7. The minimum atomic E-state index is -0.683. The molecule has 0 radical (unpaired) electrons. The lowest BCUT2D eigenvalue weighted by Crippen LogP contribution is -2.21. The van der Waals surface area contributed by atoms with Crippen LogP contribution in [0.3, 0.4) is 0 Å². The van der Waals surface area contributed by atoms with E-state index in [1.807, 2.05) is 80.4 Å².